The van der Waals surface area contributed by atoms with Crippen LogP contribution in [0, 0.1) is 5.82 Å². The molecule has 0 atom stereocenters. The van der Waals surface area contributed by atoms with Gasteiger partial charge in [0.1, 0.15) is 0 Å². The Hall–Kier alpha value is -2.57. The Kier molecular flexibility index (Phi) is 4.76. The molecule has 112 valence electrons. The van der Waals surface area contributed by atoms with Gasteiger partial charge in [-0.2, -0.15) is 5.10 Å². The minimum Gasteiger partial charge on any atom is -0.494 e. The second-order valence-electron chi connectivity index (χ2n) is 4.40. The van der Waals surface area contributed by atoms with Crippen molar-refractivity contribution < 1.29 is 13.9 Å². The lowest BCUT2D eigenvalue weighted by molar-refractivity contribution is 0.212. The summed E-state index contributed by atoms with van der Waals surface area (Å²) in [5.74, 6) is -0.258. The zero-order valence-corrected chi connectivity index (χ0v) is 11.9. The lowest BCUT2D eigenvalue weighted by Gasteiger charge is -2.21. The number of ether oxygens (including phenoxy) is 1. The van der Waals surface area contributed by atoms with E-state index < -0.39 is 5.82 Å². The molecule has 0 saturated heterocycles. The first-order chi connectivity index (χ1) is 10.1. The number of nitrogens with one attached hydrogen (secondary N) is 2. The van der Waals surface area contributed by atoms with Crippen molar-refractivity contribution in [2.24, 2.45) is 0 Å². The highest BCUT2D eigenvalue weighted by Crippen LogP contribution is 2.19. The number of carbonyl (C=O) groups excluding carboxylic acids is 1. The van der Waals surface area contributed by atoms with Crippen molar-refractivity contribution >= 4 is 11.7 Å². The first-order valence-electron chi connectivity index (χ1n) is 6.51. The molecule has 1 aromatic carbocycles. The lowest BCUT2D eigenvalue weighted by atomic mass is 10.2. The zero-order valence-electron chi connectivity index (χ0n) is 11.9. The number of anilines is 1. The van der Waals surface area contributed by atoms with Crippen LogP contribution in [0.25, 0.3) is 0 Å². The summed E-state index contributed by atoms with van der Waals surface area (Å²) in [7, 11) is 1.41. The molecule has 2 rings (SSSR count). The minimum absolute atomic E-state index is 0.185. The Bertz CT molecular complexity index is 601. The molecule has 0 unspecified atom stereocenters. The molecule has 0 aliphatic rings. The van der Waals surface area contributed by atoms with Crippen LogP contribution < -0.4 is 10.1 Å². The van der Waals surface area contributed by atoms with E-state index in [1.54, 1.807) is 23.2 Å². The molecule has 21 heavy (non-hydrogen) atoms. The molecule has 0 aliphatic heterocycles. The standard InChI is InChI=1S/C14H17FN4O2/c1-3-19(14(20)18-11-7-16-17-8-11)9-10-4-5-13(21-2)12(15)6-10/h4-8H,3,9H2,1-2H3,(H,16,17)(H,18,20). The predicted octanol–water partition coefficient (Wildman–Crippen LogP) is 2.61. The average Bonchev–Trinajstić information content (AvgIpc) is 2.97. The molecule has 2 aromatic rings. The third-order valence-corrected chi connectivity index (χ3v) is 3.01. The lowest BCUT2D eigenvalue weighted by Crippen LogP contribution is -2.34. The van der Waals surface area contributed by atoms with Gasteiger partial charge >= 0.3 is 6.03 Å². The number of aromatic amines is 1. The molecule has 1 aromatic heterocycles. The predicted molar refractivity (Wildman–Crippen MR) is 76.6 cm³/mol. The first kappa shape index (κ1) is 14.8. The molecule has 0 aliphatic carbocycles. The first-order valence-corrected chi connectivity index (χ1v) is 6.51. The summed E-state index contributed by atoms with van der Waals surface area (Å²) in [5.41, 5.74) is 1.27. The molecular weight excluding hydrogens is 275 g/mol. The summed E-state index contributed by atoms with van der Waals surface area (Å²) >= 11 is 0. The Balaban J connectivity index is 2.04. The van der Waals surface area contributed by atoms with Crippen LogP contribution in [0.1, 0.15) is 12.5 Å². The van der Waals surface area contributed by atoms with E-state index >= 15 is 0 Å². The number of methoxy groups -OCH3 is 1. The summed E-state index contributed by atoms with van der Waals surface area (Å²) in [6.45, 7) is 2.66. The smallest absolute Gasteiger partial charge is 0.322 e. The van der Waals surface area contributed by atoms with Crippen LogP contribution in [0.4, 0.5) is 14.9 Å². The van der Waals surface area contributed by atoms with Crippen molar-refractivity contribution in [1.82, 2.24) is 15.1 Å². The van der Waals surface area contributed by atoms with Crippen LogP contribution in [-0.4, -0.2) is 34.8 Å². The largest absolute Gasteiger partial charge is 0.494 e. The van der Waals surface area contributed by atoms with Crippen LogP contribution in [0.3, 0.4) is 0 Å². The van der Waals surface area contributed by atoms with Crippen LogP contribution >= 0.6 is 0 Å². The fourth-order valence-electron chi connectivity index (χ4n) is 1.88. The summed E-state index contributed by atoms with van der Waals surface area (Å²) in [6, 6.07) is 4.38. The van der Waals surface area contributed by atoms with Gasteiger partial charge in [-0.1, -0.05) is 6.07 Å². The second-order valence-corrected chi connectivity index (χ2v) is 4.40. The zero-order chi connectivity index (χ0) is 15.2. The summed E-state index contributed by atoms with van der Waals surface area (Å²) in [4.78, 5) is 13.7. The number of urea groups is 1. The SMILES string of the molecule is CCN(Cc1ccc(OC)c(F)c1)C(=O)Nc1cn[nH]c1. The number of halogens is 1. The van der Waals surface area contributed by atoms with Crippen LogP contribution in [-0.2, 0) is 6.54 Å². The van der Waals surface area contributed by atoms with Crippen LogP contribution in [0.5, 0.6) is 5.75 Å². The maximum Gasteiger partial charge on any atom is 0.322 e. The highest BCUT2D eigenvalue weighted by Gasteiger charge is 2.14. The quantitative estimate of drug-likeness (QED) is 0.890. The van der Waals surface area contributed by atoms with E-state index in [2.05, 4.69) is 15.5 Å². The Morgan fingerprint density at radius 1 is 1.52 bits per heavy atom. The summed E-state index contributed by atoms with van der Waals surface area (Å²) < 4.78 is 18.5. The van der Waals surface area contributed by atoms with E-state index in [1.807, 2.05) is 6.92 Å². The maximum atomic E-state index is 13.7. The number of nitrogens with zero attached hydrogens (tertiary/aromatic N) is 2. The maximum absolute atomic E-state index is 13.7. The van der Waals surface area contributed by atoms with Gasteiger partial charge < -0.3 is 15.0 Å². The Morgan fingerprint density at radius 2 is 2.33 bits per heavy atom. The Labute approximate surface area is 121 Å². The van der Waals surface area contributed by atoms with Gasteiger partial charge in [0.2, 0.25) is 0 Å². The van der Waals surface area contributed by atoms with E-state index in [1.165, 1.54) is 19.4 Å². The molecule has 0 spiro atoms. The number of amides is 2. The molecule has 0 bridgehead atoms. The molecule has 2 N–H and O–H groups in total. The van der Waals surface area contributed by atoms with Gasteiger partial charge in [-0.05, 0) is 24.6 Å². The van der Waals surface area contributed by atoms with Gasteiger partial charge in [0, 0.05) is 19.3 Å². The van der Waals surface area contributed by atoms with Crippen LogP contribution in [0.2, 0.25) is 0 Å². The summed E-state index contributed by atoms with van der Waals surface area (Å²) in [6.07, 6.45) is 3.09. The fourth-order valence-corrected chi connectivity index (χ4v) is 1.88. The average molecular weight is 292 g/mol. The molecule has 7 heteroatoms. The van der Waals surface area contributed by atoms with Gasteiger partial charge in [0.15, 0.2) is 11.6 Å². The number of aromatic nitrogens is 2. The molecule has 0 fully saturated rings. The van der Waals surface area contributed by atoms with E-state index in [0.717, 1.165) is 0 Å². The fraction of sp³-hybridized carbons (Fsp3) is 0.286. The van der Waals surface area contributed by atoms with Gasteiger partial charge in [-0.25, -0.2) is 9.18 Å². The molecule has 0 radical (unpaired) electrons. The van der Waals surface area contributed by atoms with Crippen molar-refractivity contribution in [2.75, 3.05) is 19.0 Å². The van der Waals surface area contributed by atoms with Crippen molar-refractivity contribution in [3.8, 4) is 5.75 Å². The van der Waals surface area contributed by atoms with Crippen molar-refractivity contribution in [3.05, 3.63) is 42.0 Å². The number of rotatable bonds is 5. The van der Waals surface area contributed by atoms with Gasteiger partial charge in [0.05, 0.1) is 19.0 Å². The Morgan fingerprint density at radius 3 is 2.90 bits per heavy atom. The van der Waals surface area contributed by atoms with E-state index in [0.29, 0.717) is 24.3 Å². The van der Waals surface area contributed by atoms with Crippen molar-refractivity contribution in [3.63, 3.8) is 0 Å². The number of benzene rings is 1. The highest BCUT2D eigenvalue weighted by molar-refractivity contribution is 5.88. The van der Waals surface area contributed by atoms with E-state index in [9.17, 15) is 9.18 Å². The molecule has 1 heterocycles. The molecule has 0 saturated carbocycles. The van der Waals surface area contributed by atoms with Crippen molar-refractivity contribution in [1.29, 1.82) is 0 Å². The highest BCUT2D eigenvalue weighted by atomic mass is 19.1. The minimum atomic E-state index is -0.443. The normalized spacial score (nSPS) is 10.2. The third kappa shape index (κ3) is 3.71. The number of hydrogen-bond donors (Lipinski definition) is 2. The third-order valence-electron chi connectivity index (χ3n) is 3.01. The van der Waals surface area contributed by atoms with Crippen molar-refractivity contribution in [2.45, 2.75) is 13.5 Å². The van der Waals surface area contributed by atoms with Crippen LogP contribution in [0.15, 0.2) is 30.6 Å². The van der Waals surface area contributed by atoms with Gasteiger partial charge in [-0.3, -0.25) is 5.10 Å². The van der Waals surface area contributed by atoms with E-state index in [4.69, 9.17) is 4.74 Å². The second kappa shape index (κ2) is 6.74. The molecule has 2 amide bonds. The molecule has 6 nitrogen and oxygen atoms in total. The van der Waals surface area contributed by atoms with Gasteiger partial charge in [0.25, 0.3) is 0 Å². The summed E-state index contributed by atoms with van der Waals surface area (Å²) in [5, 5.41) is 9.07. The topological polar surface area (TPSA) is 70.2 Å². The van der Waals surface area contributed by atoms with Gasteiger partial charge in [-0.15, -0.1) is 0 Å². The number of hydrogen-bond acceptors (Lipinski definition) is 3. The molecular formula is C14H17FN4O2. The number of H-pyrrole nitrogens is 1. The number of carbonyl (C=O) groups is 1. The van der Waals surface area contributed by atoms with E-state index in [-0.39, 0.29) is 11.8 Å². The monoisotopic (exact) mass is 292 g/mol.